The van der Waals surface area contributed by atoms with Crippen molar-refractivity contribution < 1.29 is 41.5 Å². The average Bonchev–Trinajstić information content (AvgIpc) is 1.12. The molecular formula is H2Ca2FO8PS. The number of hydrogen-bond acceptors (Lipinski definition) is 6. The Morgan fingerprint density at radius 3 is 1.08 bits per heavy atom. The molecule has 0 aromatic carbocycles. The smallest absolute Gasteiger partial charge is 1.00 e. The summed E-state index contributed by atoms with van der Waals surface area (Å²) in [6.45, 7) is 0. The first-order valence-corrected chi connectivity index (χ1v) is 4.30. The van der Waals surface area contributed by atoms with Gasteiger partial charge in [0.25, 0.3) is 7.82 Å². The van der Waals surface area contributed by atoms with Crippen molar-refractivity contribution in [1.29, 1.82) is 0 Å². The van der Waals surface area contributed by atoms with Gasteiger partial charge in [-0.15, -0.1) is 0 Å². The molecule has 0 aromatic heterocycles. The predicted octanol–water partition coefficient (Wildman–Crippen LogP) is -6.66. The number of hydrogen-bond donors (Lipinski definition) is 2. The minimum atomic E-state index is -5.17. The molecule has 0 aliphatic heterocycles. The Morgan fingerprint density at radius 2 is 1.08 bits per heavy atom. The van der Waals surface area contributed by atoms with Gasteiger partial charge < -0.3 is 28.5 Å². The quantitative estimate of drug-likeness (QED) is 0.193. The van der Waals surface area contributed by atoms with Crippen molar-refractivity contribution in [2.75, 3.05) is 0 Å². The first kappa shape index (κ1) is 29.5. The summed E-state index contributed by atoms with van der Waals surface area (Å²) in [6.07, 6.45) is 0. The SMILES string of the molecule is O=P([O-])(O)O.O=S(=O)([O-])[O-].[Ca+2].[Ca+2].[F-]. The van der Waals surface area contributed by atoms with Crippen LogP contribution in [0.25, 0.3) is 0 Å². The molecule has 0 heterocycles. The Hall–Kier alpha value is 2.43. The molecule has 2 N–H and O–H groups in total. The van der Waals surface area contributed by atoms with Crippen LogP contribution in [-0.4, -0.2) is 103 Å². The Kier molecular flexibility index (Phi) is 28.4. The number of rotatable bonds is 0. The Morgan fingerprint density at radius 1 is 1.08 bits per heavy atom. The zero-order valence-corrected chi connectivity index (χ0v) is 12.1. The molecule has 13 heteroatoms. The van der Waals surface area contributed by atoms with Crippen LogP contribution in [0.2, 0.25) is 0 Å². The van der Waals surface area contributed by atoms with Gasteiger partial charge in [0.2, 0.25) is 0 Å². The largest absolute Gasteiger partial charge is 2.00 e. The Bertz CT molecular complexity index is 200. The molecule has 0 bridgehead atoms. The molecule has 0 rings (SSSR count). The number of phosphoric acid groups is 1. The molecule has 0 fully saturated rings. The fraction of sp³-hybridized carbons (Fsp3) is 0. The second kappa shape index (κ2) is 12.5. The van der Waals surface area contributed by atoms with Gasteiger partial charge in [0.15, 0.2) is 0 Å². The van der Waals surface area contributed by atoms with Crippen LogP contribution in [0.1, 0.15) is 0 Å². The third-order valence-corrected chi connectivity index (χ3v) is 0. The summed E-state index contributed by atoms with van der Waals surface area (Å²) in [6, 6.07) is 0. The van der Waals surface area contributed by atoms with E-state index in [1.54, 1.807) is 0 Å². The summed E-state index contributed by atoms with van der Waals surface area (Å²) < 4.78 is 42.9. The maximum atomic E-state index is 8.77. The molecular weight excluding hydrogens is 290 g/mol. The van der Waals surface area contributed by atoms with E-state index in [1.165, 1.54) is 0 Å². The van der Waals surface area contributed by atoms with E-state index in [9.17, 15) is 0 Å². The zero-order chi connectivity index (χ0) is 9.00. The van der Waals surface area contributed by atoms with Crippen LogP contribution < -0.4 is 9.60 Å². The Balaban J connectivity index is -0.0000000267. The standard InChI is InChI=1S/2Ca.FH.H3O4P.H2O4S/c;;;2*1-5(2,3)4/h;;1H;(H3,1,2,3,4);(H2,1,2,3,4)/q2*+2;;;/p-4. The molecule has 0 saturated heterocycles. The van der Waals surface area contributed by atoms with Crippen molar-refractivity contribution in [2.24, 2.45) is 0 Å². The summed E-state index contributed by atoms with van der Waals surface area (Å²) >= 11 is 0. The minimum absolute atomic E-state index is 0. The fourth-order valence-corrected chi connectivity index (χ4v) is 0. The van der Waals surface area contributed by atoms with E-state index >= 15 is 0 Å². The monoisotopic (exact) mass is 292 g/mol. The number of halogens is 1. The first-order chi connectivity index (χ1) is 4.00. The van der Waals surface area contributed by atoms with Crippen LogP contribution >= 0.6 is 7.82 Å². The predicted molar refractivity (Wildman–Crippen MR) is 34.0 cm³/mol. The molecule has 13 heavy (non-hydrogen) atoms. The second-order valence-electron chi connectivity index (χ2n) is 0.899. The van der Waals surface area contributed by atoms with Gasteiger partial charge in [0.1, 0.15) is 0 Å². The molecule has 0 atom stereocenters. The van der Waals surface area contributed by atoms with Gasteiger partial charge in [0, 0.05) is 10.4 Å². The summed E-state index contributed by atoms with van der Waals surface area (Å²) in [5, 5.41) is 0. The van der Waals surface area contributed by atoms with E-state index in [1.807, 2.05) is 0 Å². The van der Waals surface area contributed by atoms with Crippen molar-refractivity contribution >= 4 is 93.7 Å². The van der Waals surface area contributed by atoms with E-state index in [0.717, 1.165) is 0 Å². The van der Waals surface area contributed by atoms with E-state index in [0.29, 0.717) is 0 Å². The van der Waals surface area contributed by atoms with Crippen LogP contribution in [0.3, 0.4) is 0 Å². The Labute approximate surface area is 133 Å². The summed E-state index contributed by atoms with van der Waals surface area (Å²) in [4.78, 5) is 22.9. The van der Waals surface area contributed by atoms with E-state index in [2.05, 4.69) is 0 Å². The normalized spacial score (nSPS) is 9.00. The minimum Gasteiger partial charge on any atom is -1.00 e. The molecule has 0 spiro atoms. The van der Waals surface area contributed by atoms with Gasteiger partial charge in [-0.1, -0.05) is 0 Å². The second-order valence-corrected chi connectivity index (χ2v) is 2.70. The first-order valence-electron chi connectivity index (χ1n) is 1.43. The van der Waals surface area contributed by atoms with Crippen LogP contribution in [0.4, 0.5) is 0 Å². The molecule has 0 saturated carbocycles. The van der Waals surface area contributed by atoms with Gasteiger partial charge in [-0.05, 0) is 0 Å². The van der Waals surface area contributed by atoms with Crippen molar-refractivity contribution in [1.82, 2.24) is 0 Å². The zero-order valence-electron chi connectivity index (χ0n) is 5.99. The van der Waals surface area contributed by atoms with E-state index in [-0.39, 0.29) is 80.2 Å². The van der Waals surface area contributed by atoms with Crippen molar-refractivity contribution in [3.63, 3.8) is 0 Å². The van der Waals surface area contributed by atoms with E-state index in [4.69, 9.17) is 36.8 Å². The summed E-state index contributed by atoms with van der Waals surface area (Å²) in [5.41, 5.74) is 0. The van der Waals surface area contributed by atoms with Crippen LogP contribution in [0.5, 0.6) is 0 Å². The molecule has 8 nitrogen and oxygen atoms in total. The molecule has 0 aliphatic carbocycles. The maximum absolute atomic E-state index is 8.77. The third-order valence-electron chi connectivity index (χ3n) is 0. The van der Waals surface area contributed by atoms with Gasteiger partial charge >= 0.3 is 75.5 Å². The van der Waals surface area contributed by atoms with Gasteiger partial charge in [-0.2, -0.15) is 0 Å². The van der Waals surface area contributed by atoms with Crippen LogP contribution in [0.15, 0.2) is 0 Å². The van der Waals surface area contributed by atoms with Gasteiger partial charge in [0.05, 0.1) is 0 Å². The van der Waals surface area contributed by atoms with E-state index < -0.39 is 18.2 Å². The molecule has 0 unspecified atom stereocenters. The van der Waals surface area contributed by atoms with Crippen molar-refractivity contribution in [3.8, 4) is 0 Å². The molecule has 0 radical (unpaired) electrons. The summed E-state index contributed by atoms with van der Waals surface area (Å²) in [7, 11) is -10.1. The van der Waals surface area contributed by atoms with Crippen molar-refractivity contribution in [3.05, 3.63) is 0 Å². The molecule has 0 aliphatic rings. The van der Waals surface area contributed by atoms with Crippen LogP contribution in [0, 0.1) is 0 Å². The topological polar surface area (TPSA) is 161 Å². The maximum Gasteiger partial charge on any atom is 2.00 e. The third kappa shape index (κ3) is 378. The van der Waals surface area contributed by atoms with Gasteiger partial charge in [-0.3, -0.25) is 13.0 Å². The fourth-order valence-electron chi connectivity index (χ4n) is 0. The summed E-state index contributed by atoms with van der Waals surface area (Å²) in [5.74, 6) is 0. The average molecular weight is 292 g/mol. The van der Waals surface area contributed by atoms with Gasteiger partial charge in [-0.25, -0.2) is 0 Å². The van der Waals surface area contributed by atoms with Crippen LogP contribution in [-0.2, 0) is 15.0 Å². The molecule has 0 amide bonds. The molecule has 72 valence electrons. The van der Waals surface area contributed by atoms with Crippen molar-refractivity contribution in [2.45, 2.75) is 0 Å². The molecule has 0 aromatic rings.